The minimum absolute atomic E-state index is 0.373. The first kappa shape index (κ1) is 15.6. The predicted molar refractivity (Wildman–Crippen MR) is 65.3 cm³/mol. The molecule has 0 aliphatic rings. The van der Waals surface area contributed by atoms with Gasteiger partial charge < -0.3 is 15.0 Å². The molecule has 0 heterocycles. The van der Waals surface area contributed by atoms with Crippen molar-refractivity contribution in [2.24, 2.45) is 0 Å². The van der Waals surface area contributed by atoms with E-state index in [1.54, 1.807) is 0 Å². The molecule has 0 spiro atoms. The van der Waals surface area contributed by atoms with Crippen LogP contribution < -0.4 is 0 Å². The van der Waals surface area contributed by atoms with E-state index in [1.165, 1.54) is 0 Å². The summed E-state index contributed by atoms with van der Waals surface area (Å²) < 4.78 is 0. The maximum atomic E-state index is 10.9. The fourth-order valence-corrected chi connectivity index (χ4v) is 1.80. The van der Waals surface area contributed by atoms with Gasteiger partial charge in [0.25, 0.3) is 0 Å². The molecule has 0 aliphatic carbocycles. The van der Waals surface area contributed by atoms with Gasteiger partial charge in [-0.15, -0.1) is 0 Å². The van der Waals surface area contributed by atoms with Crippen molar-refractivity contribution in [3.8, 4) is 0 Å². The van der Waals surface area contributed by atoms with Crippen molar-refractivity contribution >= 4 is 6.29 Å². The SMILES string of the molecule is CCCCCC(O)C(O)(C=O)CCCCC. The van der Waals surface area contributed by atoms with Gasteiger partial charge in [0.15, 0.2) is 6.29 Å². The Morgan fingerprint density at radius 1 is 1.12 bits per heavy atom. The molecule has 0 saturated heterocycles. The monoisotopic (exact) mass is 230 g/mol. The first-order valence-electron chi connectivity index (χ1n) is 6.47. The molecule has 0 aromatic rings. The lowest BCUT2D eigenvalue weighted by Gasteiger charge is -2.27. The predicted octanol–water partition coefficient (Wildman–Crippen LogP) is 2.44. The van der Waals surface area contributed by atoms with Gasteiger partial charge in [0.1, 0.15) is 5.60 Å². The van der Waals surface area contributed by atoms with E-state index in [1.807, 2.05) is 0 Å². The molecule has 0 bridgehead atoms. The summed E-state index contributed by atoms with van der Waals surface area (Å²) in [5.41, 5.74) is -1.52. The fourth-order valence-electron chi connectivity index (χ4n) is 1.80. The van der Waals surface area contributed by atoms with Crippen LogP contribution in [0, 0.1) is 0 Å². The van der Waals surface area contributed by atoms with Crippen LogP contribution in [0.1, 0.15) is 65.2 Å². The highest BCUT2D eigenvalue weighted by Gasteiger charge is 2.34. The summed E-state index contributed by atoms with van der Waals surface area (Å²) in [7, 11) is 0. The molecular weight excluding hydrogens is 204 g/mol. The van der Waals surface area contributed by atoms with Crippen molar-refractivity contribution in [3.63, 3.8) is 0 Å². The van der Waals surface area contributed by atoms with Crippen LogP contribution >= 0.6 is 0 Å². The average molecular weight is 230 g/mol. The normalized spacial score (nSPS) is 16.8. The summed E-state index contributed by atoms with van der Waals surface area (Å²) in [5, 5.41) is 19.8. The highest BCUT2D eigenvalue weighted by molar-refractivity contribution is 5.63. The molecule has 2 unspecified atom stereocenters. The van der Waals surface area contributed by atoms with Gasteiger partial charge in [-0.1, -0.05) is 52.4 Å². The van der Waals surface area contributed by atoms with Crippen LogP contribution in [0.4, 0.5) is 0 Å². The van der Waals surface area contributed by atoms with Crippen LogP contribution in [-0.4, -0.2) is 28.2 Å². The van der Waals surface area contributed by atoms with E-state index in [0.29, 0.717) is 19.1 Å². The summed E-state index contributed by atoms with van der Waals surface area (Å²) in [6.45, 7) is 4.15. The number of aldehydes is 1. The molecule has 2 N–H and O–H groups in total. The van der Waals surface area contributed by atoms with Crippen molar-refractivity contribution in [2.45, 2.75) is 76.9 Å². The maximum absolute atomic E-state index is 10.9. The Kier molecular flexibility index (Phi) is 8.49. The summed E-state index contributed by atoms with van der Waals surface area (Å²) in [6, 6.07) is 0. The van der Waals surface area contributed by atoms with Gasteiger partial charge in [-0.05, 0) is 12.8 Å². The van der Waals surface area contributed by atoms with Gasteiger partial charge in [0, 0.05) is 0 Å². The molecule has 0 aromatic heterocycles. The van der Waals surface area contributed by atoms with E-state index >= 15 is 0 Å². The molecule has 3 nitrogen and oxygen atoms in total. The quantitative estimate of drug-likeness (QED) is 0.447. The third-order valence-electron chi connectivity index (χ3n) is 3.04. The number of aliphatic hydroxyl groups excluding tert-OH is 1. The van der Waals surface area contributed by atoms with Gasteiger partial charge in [-0.25, -0.2) is 0 Å². The van der Waals surface area contributed by atoms with Crippen molar-refractivity contribution in [1.82, 2.24) is 0 Å². The minimum Gasteiger partial charge on any atom is -0.390 e. The standard InChI is InChI=1S/C13H26O3/c1-3-5-7-9-12(15)13(16,11-14)10-8-6-4-2/h11-12,15-16H,3-10H2,1-2H3. The number of carbonyl (C=O) groups is 1. The Labute approximate surface area is 98.9 Å². The number of carbonyl (C=O) groups excluding carboxylic acids is 1. The lowest BCUT2D eigenvalue weighted by atomic mass is 9.88. The fraction of sp³-hybridized carbons (Fsp3) is 0.923. The second kappa shape index (κ2) is 8.71. The Hall–Kier alpha value is -0.410. The summed E-state index contributed by atoms with van der Waals surface area (Å²) in [6.07, 6.45) is 6.26. The number of aliphatic hydroxyl groups is 2. The first-order chi connectivity index (χ1) is 7.60. The molecule has 0 aliphatic heterocycles. The van der Waals surface area contributed by atoms with Gasteiger partial charge in [0.2, 0.25) is 0 Å². The molecular formula is C13H26O3. The van der Waals surface area contributed by atoms with E-state index < -0.39 is 11.7 Å². The largest absolute Gasteiger partial charge is 0.390 e. The van der Waals surface area contributed by atoms with Crippen molar-refractivity contribution in [1.29, 1.82) is 0 Å². The molecule has 16 heavy (non-hydrogen) atoms. The van der Waals surface area contributed by atoms with E-state index in [-0.39, 0.29) is 0 Å². The Bertz CT molecular complexity index is 182. The zero-order valence-corrected chi connectivity index (χ0v) is 10.6. The number of hydrogen-bond donors (Lipinski definition) is 2. The molecule has 3 heteroatoms. The Morgan fingerprint density at radius 3 is 2.19 bits per heavy atom. The molecule has 0 aromatic carbocycles. The van der Waals surface area contributed by atoms with E-state index in [9.17, 15) is 15.0 Å². The van der Waals surface area contributed by atoms with Crippen LogP contribution in [0.3, 0.4) is 0 Å². The topological polar surface area (TPSA) is 57.5 Å². The Balaban J connectivity index is 4.04. The highest BCUT2D eigenvalue weighted by Crippen LogP contribution is 2.21. The van der Waals surface area contributed by atoms with E-state index in [4.69, 9.17) is 0 Å². The zero-order valence-electron chi connectivity index (χ0n) is 10.6. The Morgan fingerprint density at radius 2 is 1.69 bits per heavy atom. The van der Waals surface area contributed by atoms with Gasteiger partial charge in [-0.3, -0.25) is 0 Å². The summed E-state index contributed by atoms with van der Waals surface area (Å²) >= 11 is 0. The van der Waals surface area contributed by atoms with Gasteiger partial charge >= 0.3 is 0 Å². The van der Waals surface area contributed by atoms with Crippen molar-refractivity contribution < 1.29 is 15.0 Å². The van der Waals surface area contributed by atoms with Crippen LogP contribution in [0.25, 0.3) is 0 Å². The van der Waals surface area contributed by atoms with Crippen molar-refractivity contribution in [3.05, 3.63) is 0 Å². The van der Waals surface area contributed by atoms with Crippen LogP contribution in [0.5, 0.6) is 0 Å². The minimum atomic E-state index is -1.52. The number of rotatable bonds is 10. The van der Waals surface area contributed by atoms with Crippen LogP contribution in [0.2, 0.25) is 0 Å². The second-order valence-corrected chi connectivity index (χ2v) is 4.58. The summed E-state index contributed by atoms with van der Waals surface area (Å²) in [4.78, 5) is 10.9. The maximum Gasteiger partial charge on any atom is 0.154 e. The first-order valence-corrected chi connectivity index (χ1v) is 6.47. The smallest absolute Gasteiger partial charge is 0.154 e. The highest BCUT2D eigenvalue weighted by atomic mass is 16.3. The summed E-state index contributed by atoms with van der Waals surface area (Å²) in [5.74, 6) is 0. The third kappa shape index (κ3) is 5.61. The lowest BCUT2D eigenvalue weighted by molar-refractivity contribution is -0.139. The van der Waals surface area contributed by atoms with E-state index in [2.05, 4.69) is 13.8 Å². The third-order valence-corrected chi connectivity index (χ3v) is 3.04. The molecule has 2 atom stereocenters. The number of unbranched alkanes of at least 4 members (excludes halogenated alkanes) is 4. The second-order valence-electron chi connectivity index (χ2n) is 4.58. The molecule has 0 radical (unpaired) electrons. The van der Waals surface area contributed by atoms with E-state index in [0.717, 1.165) is 38.5 Å². The zero-order chi connectivity index (χ0) is 12.4. The molecule has 0 saturated carbocycles. The van der Waals surface area contributed by atoms with Crippen LogP contribution in [0.15, 0.2) is 0 Å². The molecule has 0 rings (SSSR count). The van der Waals surface area contributed by atoms with Gasteiger partial charge in [-0.2, -0.15) is 0 Å². The average Bonchev–Trinajstić information content (AvgIpc) is 2.29. The molecule has 96 valence electrons. The van der Waals surface area contributed by atoms with Gasteiger partial charge in [0.05, 0.1) is 6.10 Å². The number of hydrogen-bond acceptors (Lipinski definition) is 3. The molecule has 0 fully saturated rings. The lowest BCUT2D eigenvalue weighted by Crippen LogP contribution is -2.43. The van der Waals surface area contributed by atoms with Crippen molar-refractivity contribution in [2.75, 3.05) is 0 Å². The van der Waals surface area contributed by atoms with Crippen LogP contribution in [-0.2, 0) is 4.79 Å². The molecule has 0 amide bonds.